The summed E-state index contributed by atoms with van der Waals surface area (Å²) in [4.78, 5) is 0. The zero-order valence-corrected chi connectivity index (χ0v) is 8.86. The second kappa shape index (κ2) is 3.62. The summed E-state index contributed by atoms with van der Waals surface area (Å²) in [6.45, 7) is 0.802. The molecule has 2 unspecified atom stereocenters. The summed E-state index contributed by atoms with van der Waals surface area (Å²) in [5.74, 6) is 0.831. The minimum atomic E-state index is 0.123. The Hall–Kier alpha value is -0.860. The van der Waals surface area contributed by atoms with Crippen molar-refractivity contribution in [2.75, 3.05) is 6.61 Å². The van der Waals surface area contributed by atoms with Gasteiger partial charge in [0.1, 0.15) is 0 Å². The van der Waals surface area contributed by atoms with Crippen LogP contribution in [0.4, 0.5) is 0 Å². The van der Waals surface area contributed by atoms with Crippen molar-refractivity contribution in [3.63, 3.8) is 0 Å². The van der Waals surface area contributed by atoms with E-state index in [1.54, 1.807) is 0 Å². The normalized spacial score (nSPS) is 30.7. The quantitative estimate of drug-likeness (QED) is 0.800. The first-order valence-electron chi connectivity index (χ1n) is 5.81. The maximum atomic E-state index is 6.00. The molecule has 1 heterocycles. The van der Waals surface area contributed by atoms with E-state index in [0.29, 0.717) is 0 Å². The Morgan fingerprint density at radius 3 is 2.20 bits per heavy atom. The van der Waals surface area contributed by atoms with Gasteiger partial charge in [0.15, 0.2) is 0 Å². The first-order valence-corrected chi connectivity index (χ1v) is 5.81. The van der Waals surface area contributed by atoms with E-state index in [9.17, 15) is 0 Å². The van der Waals surface area contributed by atoms with Gasteiger partial charge in [0, 0.05) is 12.6 Å². The molecule has 1 aromatic carbocycles. The van der Waals surface area contributed by atoms with Crippen LogP contribution in [0, 0.1) is 0 Å². The van der Waals surface area contributed by atoms with Crippen LogP contribution in [0.2, 0.25) is 0 Å². The van der Waals surface area contributed by atoms with Crippen molar-refractivity contribution in [3.8, 4) is 0 Å². The van der Waals surface area contributed by atoms with E-state index < -0.39 is 0 Å². The molecule has 2 aliphatic rings. The Labute approximate surface area is 90.4 Å². The summed E-state index contributed by atoms with van der Waals surface area (Å²) < 4.78 is 5.64. The molecule has 2 fully saturated rings. The first kappa shape index (κ1) is 9.37. The Morgan fingerprint density at radius 1 is 1.00 bits per heavy atom. The van der Waals surface area contributed by atoms with Gasteiger partial charge < -0.3 is 10.5 Å². The summed E-state index contributed by atoms with van der Waals surface area (Å²) in [6.07, 6.45) is 3.82. The fourth-order valence-corrected chi connectivity index (χ4v) is 2.32. The maximum absolute atomic E-state index is 6.00. The topological polar surface area (TPSA) is 35.2 Å². The van der Waals surface area contributed by atoms with Gasteiger partial charge in [-0.15, -0.1) is 0 Å². The van der Waals surface area contributed by atoms with E-state index >= 15 is 0 Å². The predicted molar refractivity (Wildman–Crippen MR) is 59.7 cm³/mol. The summed E-state index contributed by atoms with van der Waals surface area (Å²) >= 11 is 0. The molecular weight excluding hydrogens is 186 g/mol. The van der Waals surface area contributed by atoms with Crippen LogP contribution in [0.1, 0.15) is 42.4 Å². The van der Waals surface area contributed by atoms with E-state index in [1.165, 1.54) is 24.0 Å². The molecule has 1 saturated carbocycles. The Balaban J connectivity index is 1.79. The molecule has 1 saturated heterocycles. The van der Waals surface area contributed by atoms with E-state index in [2.05, 4.69) is 24.3 Å². The van der Waals surface area contributed by atoms with Gasteiger partial charge in [0.05, 0.1) is 6.10 Å². The lowest BCUT2D eigenvalue weighted by Crippen LogP contribution is -2.23. The van der Waals surface area contributed by atoms with Crippen LogP contribution in [0.3, 0.4) is 0 Å². The lowest BCUT2D eigenvalue weighted by molar-refractivity contribution is 0.105. The smallest absolute Gasteiger partial charge is 0.0976 e. The molecule has 1 aliphatic heterocycles. The Bertz CT molecular complexity index is 342. The van der Waals surface area contributed by atoms with Crippen LogP contribution in [0.15, 0.2) is 24.3 Å². The van der Waals surface area contributed by atoms with Gasteiger partial charge in [-0.05, 0) is 36.3 Å². The Morgan fingerprint density at radius 2 is 1.67 bits per heavy atom. The van der Waals surface area contributed by atoms with E-state index in [4.69, 9.17) is 10.5 Å². The molecule has 2 nitrogen and oxygen atoms in total. The second-order valence-electron chi connectivity index (χ2n) is 4.68. The third-order valence-electron chi connectivity index (χ3n) is 3.45. The minimum absolute atomic E-state index is 0.123. The van der Waals surface area contributed by atoms with Gasteiger partial charge in [-0.2, -0.15) is 0 Å². The van der Waals surface area contributed by atoms with Crippen molar-refractivity contribution in [2.24, 2.45) is 5.73 Å². The summed E-state index contributed by atoms with van der Waals surface area (Å²) in [5, 5.41) is 0. The van der Waals surface area contributed by atoms with Crippen LogP contribution < -0.4 is 5.73 Å². The van der Waals surface area contributed by atoms with Crippen molar-refractivity contribution in [3.05, 3.63) is 35.4 Å². The summed E-state index contributed by atoms with van der Waals surface area (Å²) in [7, 11) is 0. The SMILES string of the molecule is NC1CCOC1c1ccc(C2CC2)cc1. The molecule has 0 radical (unpaired) electrons. The molecule has 2 N–H and O–H groups in total. The highest BCUT2D eigenvalue weighted by atomic mass is 16.5. The van der Waals surface area contributed by atoms with Gasteiger partial charge in [0.2, 0.25) is 0 Å². The predicted octanol–water partition coefficient (Wildman–Crippen LogP) is 2.35. The number of nitrogens with two attached hydrogens (primary N) is 1. The molecule has 3 rings (SSSR count). The number of benzene rings is 1. The number of hydrogen-bond acceptors (Lipinski definition) is 2. The van der Waals surface area contributed by atoms with E-state index in [1.807, 2.05) is 0 Å². The molecule has 0 aromatic heterocycles. The second-order valence-corrected chi connectivity index (χ2v) is 4.68. The average Bonchev–Trinajstić information content (AvgIpc) is 3.02. The maximum Gasteiger partial charge on any atom is 0.0976 e. The van der Waals surface area contributed by atoms with Gasteiger partial charge in [-0.25, -0.2) is 0 Å². The van der Waals surface area contributed by atoms with Gasteiger partial charge >= 0.3 is 0 Å². The van der Waals surface area contributed by atoms with Crippen molar-refractivity contribution in [2.45, 2.75) is 37.3 Å². The number of ether oxygens (including phenoxy) is 1. The molecule has 2 heteroatoms. The Kier molecular flexibility index (Phi) is 2.26. The number of hydrogen-bond donors (Lipinski definition) is 1. The highest BCUT2D eigenvalue weighted by Gasteiger charge is 2.27. The molecule has 0 bridgehead atoms. The largest absolute Gasteiger partial charge is 0.372 e. The molecular formula is C13H17NO. The molecule has 0 amide bonds. The molecule has 1 aliphatic carbocycles. The van der Waals surface area contributed by atoms with Gasteiger partial charge in [-0.3, -0.25) is 0 Å². The molecule has 0 spiro atoms. The first-order chi connectivity index (χ1) is 7.34. The van der Waals surface area contributed by atoms with Crippen molar-refractivity contribution in [1.82, 2.24) is 0 Å². The van der Waals surface area contributed by atoms with Gasteiger partial charge in [0.25, 0.3) is 0 Å². The monoisotopic (exact) mass is 203 g/mol. The molecule has 2 atom stereocenters. The van der Waals surface area contributed by atoms with Crippen LogP contribution in [-0.2, 0) is 4.74 Å². The average molecular weight is 203 g/mol. The van der Waals surface area contributed by atoms with Crippen LogP contribution in [-0.4, -0.2) is 12.6 Å². The number of rotatable bonds is 2. The zero-order chi connectivity index (χ0) is 10.3. The third-order valence-corrected chi connectivity index (χ3v) is 3.45. The van der Waals surface area contributed by atoms with Crippen molar-refractivity contribution < 1.29 is 4.74 Å². The lowest BCUT2D eigenvalue weighted by Gasteiger charge is -2.15. The van der Waals surface area contributed by atoms with Crippen LogP contribution >= 0.6 is 0 Å². The van der Waals surface area contributed by atoms with Crippen LogP contribution in [0.25, 0.3) is 0 Å². The summed E-state index contributed by atoms with van der Waals surface area (Å²) in [5.41, 5.74) is 8.71. The third kappa shape index (κ3) is 1.80. The molecule has 15 heavy (non-hydrogen) atoms. The van der Waals surface area contributed by atoms with E-state index in [-0.39, 0.29) is 12.1 Å². The highest BCUT2D eigenvalue weighted by molar-refractivity contribution is 5.30. The highest BCUT2D eigenvalue weighted by Crippen LogP contribution is 2.40. The fraction of sp³-hybridized carbons (Fsp3) is 0.538. The molecule has 1 aromatic rings. The van der Waals surface area contributed by atoms with Gasteiger partial charge in [-0.1, -0.05) is 24.3 Å². The summed E-state index contributed by atoms with van der Waals surface area (Å²) in [6, 6.07) is 9.02. The standard InChI is InChI=1S/C13H17NO/c14-12-7-8-15-13(12)11-5-3-10(4-6-11)9-1-2-9/h3-6,9,12-13H,1-2,7-8,14H2. The zero-order valence-electron chi connectivity index (χ0n) is 8.86. The molecule has 80 valence electrons. The lowest BCUT2D eigenvalue weighted by atomic mass is 10.0. The minimum Gasteiger partial charge on any atom is -0.372 e. The van der Waals surface area contributed by atoms with E-state index in [0.717, 1.165) is 18.9 Å². The van der Waals surface area contributed by atoms with Crippen molar-refractivity contribution >= 4 is 0 Å². The van der Waals surface area contributed by atoms with Crippen molar-refractivity contribution in [1.29, 1.82) is 0 Å². The van der Waals surface area contributed by atoms with Crippen LogP contribution in [0.5, 0.6) is 0 Å². The fourth-order valence-electron chi connectivity index (χ4n) is 2.32.